The Labute approximate surface area is 125 Å². The Morgan fingerprint density at radius 3 is 2.33 bits per heavy atom. The summed E-state index contributed by atoms with van der Waals surface area (Å²) in [4.78, 5) is 10.9. The van der Waals surface area contributed by atoms with Crippen LogP contribution in [0, 0.1) is 0 Å². The van der Waals surface area contributed by atoms with Crippen LogP contribution in [-0.2, 0) is 11.2 Å². The molecular formula is C16H25NO4. The maximum Gasteiger partial charge on any atom is 0.305 e. The molecule has 3 atom stereocenters. The first-order chi connectivity index (χ1) is 9.93. The molecule has 4 N–H and O–H groups in total. The Balaban J connectivity index is 2.77. The van der Waals surface area contributed by atoms with Gasteiger partial charge >= 0.3 is 5.97 Å². The smallest absolute Gasteiger partial charge is 0.305 e. The molecule has 0 radical (unpaired) electrons. The fraction of sp³-hybridized carbons (Fsp3) is 0.562. The molecule has 3 unspecified atom stereocenters. The van der Waals surface area contributed by atoms with Gasteiger partial charge in [-0.25, -0.2) is 0 Å². The van der Waals surface area contributed by atoms with E-state index < -0.39 is 24.2 Å². The number of nitrogens with one attached hydrogen (secondary N) is 1. The maximum atomic E-state index is 10.9. The predicted molar refractivity (Wildman–Crippen MR) is 81.1 cm³/mol. The normalized spacial score (nSPS) is 15.4. The zero-order valence-electron chi connectivity index (χ0n) is 12.6. The van der Waals surface area contributed by atoms with Gasteiger partial charge in [0.25, 0.3) is 0 Å². The van der Waals surface area contributed by atoms with Crippen molar-refractivity contribution in [1.82, 2.24) is 5.32 Å². The second kappa shape index (κ2) is 8.77. The molecule has 21 heavy (non-hydrogen) atoms. The van der Waals surface area contributed by atoms with Crippen molar-refractivity contribution >= 4 is 5.97 Å². The van der Waals surface area contributed by atoms with E-state index in [1.807, 2.05) is 24.3 Å². The molecule has 0 amide bonds. The lowest BCUT2D eigenvalue weighted by atomic mass is 9.97. The highest BCUT2D eigenvalue weighted by Gasteiger charge is 2.23. The van der Waals surface area contributed by atoms with Crippen molar-refractivity contribution in [3.8, 4) is 0 Å². The molecule has 5 heteroatoms. The molecule has 0 aliphatic heterocycles. The van der Waals surface area contributed by atoms with Gasteiger partial charge in [0.05, 0.1) is 18.6 Å². The first kappa shape index (κ1) is 17.6. The minimum absolute atomic E-state index is 0.204. The van der Waals surface area contributed by atoms with Gasteiger partial charge in [0.1, 0.15) is 0 Å². The molecule has 1 aromatic rings. The fourth-order valence-electron chi connectivity index (χ4n) is 2.21. The minimum Gasteiger partial charge on any atom is -0.481 e. The third-order valence-corrected chi connectivity index (χ3v) is 3.31. The van der Waals surface area contributed by atoms with Gasteiger partial charge in [-0.05, 0) is 24.5 Å². The molecule has 0 bridgehead atoms. The minimum atomic E-state index is -0.986. The summed E-state index contributed by atoms with van der Waals surface area (Å²) in [6.07, 6.45) is 0.315. The lowest BCUT2D eigenvalue weighted by Crippen LogP contribution is -2.40. The molecule has 0 saturated heterocycles. The average molecular weight is 295 g/mol. The topological polar surface area (TPSA) is 89.8 Å². The predicted octanol–water partition coefficient (Wildman–Crippen LogP) is 1.49. The van der Waals surface area contributed by atoms with Crippen LogP contribution in [0.15, 0.2) is 24.3 Å². The van der Waals surface area contributed by atoms with Crippen molar-refractivity contribution in [3.05, 3.63) is 35.4 Å². The molecule has 0 aliphatic carbocycles. The summed E-state index contributed by atoms with van der Waals surface area (Å²) >= 11 is 0. The van der Waals surface area contributed by atoms with Crippen LogP contribution in [0.5, 0.6) is 0 Å². The largest absolute Gasteiger partial charge is 0.481 e. The van der Waals surface area contributed by atoms with Gasteiger partial charge in [0.2, 0.25) is 0 Å². The van der Waals surface area contributed by atoms with E-state index >= 15 is 0 Å². The van der Waals surface area contributed by atoms with Crippen LogP contribution >= 0.6 is 0 Å². The van der Waals surface area contributed by atoms with Gasteiger partial charge in [0, 0.05) is 12.6 Å². The number of hydrogen-bond acceptors (Lipinski definition) is 4. The lowest BCUT2D eigenvalue weighted by molar-refractivity contribution is -0.138. The number of aliphatic hydroxyl groups is 2. The van der Waals surface area contributed by atoms with E-state index in [1.165, 1.54) is 5.56 Å². The van der Waals surface area contributed by atoms with E-state index in [1.54, 1.807) is 6.92 Å². The Kier molecular flexibility index (Phi) is 7.36. The highest BCUT2D eigenvalue weighted by Crippen LogP contribution is 2.20. The number of carboxylic acids is 1. The van der Waals surface area contributed by atoms with E-state index in [0.29, 0.717) is 5.56 Å². The highest BCUT2D eigenvalue weighted by molar-refractivity contribution is 5.67. The van der Waals surface area contributed by atoms with Crippen molar-refractivity contribution in [2.75, 3.05) is 6.54 Å². The van der Waals surface area contributed by atoms with Crippen molar-refractivity contribution in [3.63, 3.8) is 0 Å². The maximum absolute atomic E-state index is 10.9. The summed E-state index contributed by atoms with van der Waals surface area (Å²) in [5.74, 6) is -0.986. The number of carbonyl (C=O) groups is 1. The van der Waals surface area contributed by atoms with E-state index in [2.05, 4.69) is 12.2 Å². The number of benzene rings is 1. The second-order valence-corrected chi connectivity index (χ2v) is 5.40. The summed E-state index contributed by atoms with van der Waals surface area (Å²) in [6.45, 7) is 3.95. The van der Waals surface area contributed by atoms with E-state index in [9.17, 15) is 15.0 Å². The van der Waals surface area contributed by atoms with Crippen molar-refractivity contribution in [2.45, 2.75) is 51.4 Å². The monoisotopic (exact) mass is 295 g/mol. The molecule has 0 fully saturated rings. The number of hydrogen-bond donors (Lipinski definition) is 4. The standard InChI is InChI=1S/C16H25NO4/c1-3-4-12-5-7-13(8-6-12)16(21)14(9-15(19)20)17-10-11(2)18/h5-8,11,14,16-18,21H,3-4,9-10H2,1-2H3,(H,19,20). The second-order valence-electron chi connectivity index (χ2n) is 5.40. The number of aryl methyl sites for hydroxylation is 1. The van der Waals surface area contributed by atoms with Gasteiger partial charge in [0.15, 0.2) is 0 Å². The Bertz CT molecular complexity index is 430. The number of rotatable bonds is 9. The zero-order valence-corrected chi connectivity index (χ0v) is 12.6. The SMILES string of the molecule is CCCc1ccc(C(O)C(CC(=O)O)NCC(C)O)cc1. The molecule has 1 aromatic carbocycles. The van der Waals surface area contributed by atoms with Crippen LogP contribution in [0.1, 0.15) is 43.9 Å². The molecule has 1 rings (SSSR count). The molecule has 0 aliphatic rings. The molecular weight excluding hydrogens is 270 g/mol. The number of aliphatic hydroxyl groups excluding tert-OH is 2. The third kappa shape index (κ3) is 6.25. The van der Waals surface area contributed by atoms with Crippen molar-refractivity contribution < 1.29 is 20.1 Å². The van der Waals surface area contributed by atoms with E-state index in [-0.39, 0.29) is 13.0 Å². The third-order valence-electron chi connectivity index (χ3n) is 3.31. The Hall–Kier alpha value is -1.43. The lowest BCUT2D eigenvalue weighted by Gasteiger charge is -2.24. The molecule has 5 nitrogen and oxygen atoms in total. The van der Waals surface area contributed by atoms with Crippen LogP contribution < -0.4 is 5.32 Å². The van der Waals surface area contributed by atoms with Crippen LogP contribution in [0.4, 0.5) is 0 Å². The Morgan fingerprint density at radius 1 is 1.24 bits per heavy atom. The summed E-state index contributed by atoms with van der Waals surface area (Å²) < 4.78 is 0. The van der Waals surface area contributed by atoms with E-state index in [0.717, 1.165) is 12.8 Å². The molecule has 0 heterocycles. The van der Waals surface area contributed by atoms with Crippen molar-refractivity contribution in [1.29, 1.82) is 0 Å². The van der Waals surface area contributed by atoms with Crippen LogP contribution in [0.25, 0.3) is 0 Å². The van der Waals surface area contributed by atoms with Crippen LogP contribution in [0.3, 0.4) is 0 Å². The first-order valence-corrected chi connectivity index (χ1v) is 7.34. The fourth-order valence-corrected chi connectivity index (χ4v) is 2.21. The van der Waals surface area contributed by atoms with Gasteiger partial charge in [-0.3, -0.25) is 4.79 Å². The summed E-state index contributed by atoms with van der Waals surface area (Å²) in [5.41, 5.74) is 1.87. The number of carboxylic acid groups (broad SMARTS) is 1. The van der Waals surface area contributed by atoms with Gasteiger partial charge in [-0.2, -0.15) is 0 Å². The van der Waals surface area contributed by atoms with Gasteiger partial charge in [-0.1, -0.05) is 37.6 Å². The summed E-state index contributed by atoms with van der Waals surface area (Å²) in [6, 6.07) is 6.93. The molecule has 118 valence electrons. The zero-order chi connectivity index (χ0) is 15.8. The number of aliphatic carboxylic acids is 1. The first-order valence-electron chi connectivity index (χ1n) is 7.34. The average Bonchev–Trinajstić information content (AvgIpc) is 2.43. The van der Waals surface area contributed by atoms with Crippen molar-refractivity contribution in [2.24, 2.45) is 0 Å². The van der Waals surface area contributed by atoms with Crippen LogP contribution in [0.2, 0.25) is 0 Å². The quantitative estimate of drug-likeness (QED) is 0.554. The highest BCUT2D eigenvalue weighted by atomic mass is 16.4. The van der Waals surface area contributed by atoms with E-state index in [4.69, 9.17) is 5.11 Å². The van der Waals surface area contributed by atoms with Gasteiger partial charge < -0.3 is 20.6 Å². The summed E-state index contributed by atoms with van der Waals surface area (Å²) in [5, 5.41) is 31.5. The summed E-state index contributed by atoms with van der Waals surface area (Å²) in [7, 11) is 0. The van der Waals surface area contributed by atoms with Gasteiger partial charge in [-0.15, -0.1) is 0 Å². The molecule has 0 saturated carbocycles. The Morgan fingerprint density at radius 2 is 1.86 bits per heavy atom. The molecule has 0 aromatic heterocycles. The molecule has 0 spiro atoms. The van der Waals surface area contributed by atoms with Crippen LogP contribution in [-0.4, -0.2) is 40.0 Å².